The number of rotatable bonds is 12. The van der Waals surface area contributed by atoms with Gasteiger partial charge in [-0.15, -0.1) is 0 Å². The van der Waals surface area contributed by atoms with Gasteiger partial charge in [-0.1, -0.05) is 31.2 Å². The van der Waals surface area contributed by atoms with E-state index in [4.69, 9.17) is 4.74 Å². The zero-order valence-corrected chi connectivity index (χ0v) is 22.2. The van der Waals surface area contributed by atoms with Crippen molar-refractivity contribution in [2.75, 3.05) is 51.8 Å². The van der Waals surface area contributed by atoms with Gasteiger partial charge in [0.25, 0.3) is 11.7 Å². The number of aliphatic hydroxyl groups is 1. The average Bonchev–Trinajstić information content (AvgIpc) is 3.13. The fraction of sp³-hybridized carbons (Fsp3) is 0.448. The second-order valence-electron chi connectivity index (χ2n) is 9.29. The van der Waals surface area contributed by atoms with Crippen molar-refractivity contribution in [3.63, 3.8) is 0 Å². The molecule has 1 aliphatic heterocycles. The van der Waals surface area contributed by atoms with Gasteiger partial charge < -0.3 is 24.5 Å². The van der Waals surface area contributed by atoms with Crippen LogP contribution in [0.2, 0.25) is 0 Å². The Morgan fingerprint density at radius 3 is 2.33 bits per heavy atom. The van der Waals surface area contributed by atoms with E-state index in [1.807, 2.05) is 56.3 Å². The van der Waals surface area contributed by atoms with Crippen LogP contribution in [0.3, 0.4) is 0 Å². The average molecular weight is 494 g/mol. The van der Waals surface area contributed by atoms with E-state index in [1.54, 1.807) is 23.1 Å². The molecule has 1 saturated heterocycles. The van der Waals surface area contributed by atoms with Crippen LogP contribution in [0, 0.1) is 0 Å². The van der Waals surface area contributed by atoms with Gasteiger partial charge in [0.15, 0.2) is 0 Å². The number of likely N-dealkylation sites (tertiary alicyclic amines) is 1. The van der Waals surface area contributed by atoms with Gasteiger partial charge in [0, 0.05) is 30.9 Å². The molecule has 0 aromatic heterocycles. The molecular weight excluding hydrogens is 454 g/mol. The fourth-order valence-electron chi connectivity index (χ4n) is 4.58. The number of carbonyl (C=O) groups is 2. The molecule has 1 atom stereocenters. The van der Waals surface area contributed by atoms with Crippen molar-refractivity contribution in [1.82, 2.24) is 9.80 Å². The standard InChI is InChI=1S/C29H39N3O4/c1-6-19-36-24-12-9-11-22(20-24)27(33)25-26(21-13-15-23(16-14-21)31(7-2)8-3)32(29(35)28(25)34)18-10-17-30(4)5/h9,11-16,20,26,33H,6-8,10,17-19H2,1-5H3/b27-25-. The van der Waals surface area contributed by atoms with Crippen molar-refractivity contribution in [2.45, 2.75) is 39.7 Å². The maximum Gasteiger partial charge on any atom is 0.295 e. The number of amides is 1. The van der Waals surface area contributed by atoms with Crippen LogP contribution in [0.15, 0.2) is 54.1 Å². The summed E-state index contributed by atoms with van der Waals surface area (Å²) in [5, 5.41) is 11.3. The van der Waals surface area contributed by atoms with Gasteiger partial charge in [-0.05, 0) is 77.2 Å². The highest BCUT2D eigenvalue weighted by molar-refractivity contribution is 6.46. The molecule has 0 radical (unpaired) electrons. The molecule has 0 bridgehead atoms. The molecule has 0 spiro atoms. The van der Waals surface area contributed by atoms with Gasteiger partial charge in [0.05, 0.1) is 18.2 Å². The van der Waals surface area contributed by atoms with Crippen LogP contribution in [0.25, 0.3) is 5.76 Å². The third-order valence-electron chi connectivity index (χ3n) is 6.46. The third-order valence-corrected chi connectivity index (χ3v) is 6.46. The van der Waals surface area contributed by atoms with Gasteiger partial charge in [-0.25, -0.2) is 0 Å². The number of nitrogens with zero attached hydrogens (tertiary/aromatic N) is 3. The first-order valence-electron chi connectivity index (χ1n) is 12.8. The molecule has 1 unspecified atom stereocenters. The number of hydrogen-bond acceptors (Lipinski definition) is 6. The zero-order valence-electron chi connectivity index (χ0n) is 22.2. The van der Waals surface area contributed by atoms with Crippen molar-refractivity contribution in [2.24, 2.45) is 0 Å². The Balaban J connectivity index is 2.06. The predicted octanol–water partition coefficient (Wildman–Crippen LogP) is 4.70. The van der Waals surface area contributed by atoms with E-state index in [2.05, 4.69) is 18.7 Å². The molecule has 3 rings (SSSR count). The summed E-state index contributed by atoms with van der Waals surface area (Å²) in [6, 6.07) is 14.3. The highest BCUT2D eigenvalue weighted by Crippen LogP contribution is 2.40. The van der Waals surface area contributed by atoms with Crippen molar-refractivity contribution < 1.29 is 19.4 Å². The molecular formula is C29H39N3O4. The summed E-state index contributed by atoms with van der Waals surface area (Å²) >= 11 is 0. The lowest BCUT2D eigenvalue weighted by molar-refractivity contribution is -0.139. The molecule has 1 heterocycles. The Labute approximate surface area is 215 Å². The Kier molecular flexibility index (Phi) is 9.53. The molecule has 7 heteroatoms. The monoisotopic (exact) mass is 493 g/mol. The van der Waals surface area contributed by atoms with Crippen molar-refractivity contribution >= 4 is 23.1 Å². The zero-order chi connectivity index (χ0) is 26.2. The number of aliphatic hydroxyl groups excluding tert-OH is 1. The first-order valence-corrected chi connectivity index (χ1v) is 12.8. The van der Waals surface area contributed by atoms with Crippen LogP contribution in [0.5, 0.6) is 5.75 Å². The van der Waals surface area contributed by atoms with Crippen molar-refractivity contribution in [3.8, 4) is 5.75 Å². The number of anilines is 1. The van der Waals surface area contributed by atoms with Crippen LogP contribution in [0.4, 0.5) is 5.69 Å². The lowest BCUT2D eigenvalue weighted by Gasteiger charge is -2.27. The molecule has 1 amide bonds. The molecule has 0 aliphatic carbocycles. The minimum absolute atomic E-state index is 0.119. The number of benzene rings is 2. The molecule has 1 aliphatic rings. The maximum atomic E-state index is 13.3. The molecule has 1 N–H and O–H groups in total. The summed E-state index contributed by atoms with van der Waals surface area (Å²) < 4.78 is 5.72. The number of Topliss-reactive ketones (excluding diaryl/α,β-unsaturated/α-hetero) is 1. The lowest BCUT2D eigenvalue weighted by Crippen LogP contribution is -2.32. The smallest absolute Gasteiger partial charge is 0.295 e. The van der Waals surface area contributed by atoms with Gasteiger partial charge in [0.1, 0.15) is 11.5 Å². The molecule has 2 aromatic rings. The fourth-order valence-corrected chi connectivity index (χ4v) is 4.58. The largest absolute Gasteiger partial charge is 0.507 e. The second-order valence-corrected chi connectivity index (χ2v) is 9.29. The highest BCUT2D eigenvalue weighted by atomic mass is 16.5. The Morgan fingerprint density at radius 2 is 1.72 bits per heavy atom. The van der Waals surface area contributed by atoms with Crippen LogP contribution < -0.4 is 9.64 Å². The summed E-state index contributed by atoms with van der Waals surface area (Å²) in [5.74, 6) is -0.800. The Bertz CT molecular complexity index is 1070. The van der Waals surface area contributed by atoms with Crippen molar-refractivity contribution in [3.05, 3.63) is 65.2 Å². The van der Waals surface area contributed by atoms with E-state index in [9.17, 15) is 14.7 Å². The van der Waals surface area contributed by atoms with Crippen LogP contribution >= 0.6 is 0 Å². The maximum absolute atomic E-state index is 13.3. The minimum Gasteiger partial charge on any atom is -0.507 e. The molecule has 194 valence electrons. The molecule has 36 heavy (non-hydrogen) atoms. The Morgan fingerprint density at radius 1 is 1.03 bits per heavy atom. The normalized spacial score (nSPS) is 17.2. The molecule has 0 saturated carbocycles. The van der Waals surface area contributed by atoms with E-state index in [0.29, 0.717) is 30.9 Å². The van der Waals surface area contributed by atoms with Crippen LogP contribution in [-0.4, -0.2) is 73.5 Å². The van der Waals surface area contributed by atoms with E-state index in [-0.39, 0.29) is 11.3 Å². The van der Waals surface area contributed by atoms with E-state index >= 15 is 0 Å². The topological polar surface area (TPSA) is 73.3 Å². The summed E-state index contributed by atoms with van der Waals surface area (Å²) in [6.07, 6.45) is 1.58. The predicted molar refractivity (Wildman–Crippen MR) is 144 cm³/mol. The SMILES string of the molecule is CCCOc1cccc(/C(O)=C2/C(=O)C(=O)N(CCCN(C)C)C2c2ccc(N(CC)CC)cc2)c1. The van der Waals surface area contributed by atoms with Crippen molar-refractivity contribution in [1.29, 1.82) is 0 Å². The van der Waals surface area contributed by atoms with Gasteiger partial charge in [0.2, 0.25) is 0 Å². The van der Waals surface area contributed by atoms with Gasteiger partial charge in [-0.3, -0.25) is 9.59 Å². The summed E-state index contributed by atoms with van der Waals surface area (Å²) in [5.41, 5.74) is 2.46. The molecule has 2 aromatic carbocycles. The Hall–Kier alpha value is -3.32. The summed E-state index contributed by atoms with van der Waals surface area (Å²) in [4.78, 5) is 32.3. The molecule has 1 fully saturated rings. The van der Waals surface area contributed by atoms with E-state index in [0.717, 1.165) is 37.3 Å². The van der Waals surface area contributed by atoms with E-state index in [1.165, 1.54) is 0 Å². The van der Waals surface area contributed by atoms with Gasteiger partial charge in [-0.2, -0.15) is 0 Å². The summed E-state index contributed by atoms with van der Waals surface area (Å²) in [6.45, 7) is 9.76. The minimum atomic E-state index is -0.657. The van der Waals surface area contributed by atoms with E-state index < -0.39 is 17.7 Å². The van der Waals surface area contributed by atoms with Gasteiger partial charge >= 0.3 is 0 Å². The number of ether oxygens (including phenoxy) is 1. The first-order chi connectivity index (χ1) is 17.3. The highest BCUT2D eigenvalue weighted by Gasteiger charge is 2.45. The lowest BCUT2D eigenvalue weighted by atomic mass is 9.95. The van der Waals surface area contributed by atoms with Crippen LogP contribution in [0.1, 0.15) is 50.8 Å². The molecule has 7 nitrogen and oxygen atoms in total. The number of carbonyl (C=O) groups excluding carboxylic acids is 2. The second kappa shape index (κ2) is 12.6. The van der Waals surface area contributed by atoms with Crippen LogP contribution in [-0.2, 0) is 9.59 Å². The summed E-state index contributed by atoms with van der Waals surface area (Å²) in [7, 11) is 3.95. The number of hydrogen-bond donors (Lipinski definition) is 1. The number of ketones is 1. The quantitative estimate of drug-likeness (QED) is 0.263. The third kappa shape index (κ3) is 6.08. The first kappa shape index (κ1) is 27.3.